The van der Waals surface area contributed by atoms with Crippen LogP contribution in [-0.4, -0.2) is 54.6 Å². The number of nitrogens with one attached hydrogen (secondary N) is 1. The van der Waals surface area contributed by atoms with Gasteiger partial charge in [0.15, 0.2) is 0 Å². The fraction of sp³-hybridized carbons (Fsp3) is 0.778. The Bertz CT molecular complexity index is 186. The monoisotopic (exact) mass is 182 g/mol. The second-order valence-corrected chi connectivity index (χ2v) is 3.83. The maximum Gasteiger partial charge on any atom is 0.0556 e. The van der Waals surface area contributed by atoms with E-state index in [9.17, 15) is 0 Å². The van der Waals surface area contributed by atoms with Gasteiger partial charge in [-0.05, 0) is 0 Å². The van der Waals surface area contributed by atoms with Crippen LogP contribution in [-0.2, 0) is 0 Å². The summed E-state index contributed by atoms with van der Waals surface area (Å²) in [5, 5.41) is 0. The van der Waals surface area contributed by atoms with Crippen molar-refractivity contribution in [2.75, 3.05) is 32.7 Å². The molecular formula is C9H18N4. The summed E-state index contributed by atoms with van der Waals surface area (Å²) in [5.74, 6) is 5.48. The number of hydrazine groups is 1. The van der Waals surface area contributed by atoms with Crippen LogP contribution in [0.1, 0.15) is 0 Å². The second-order valence-electron chi connectivity index (χ2n) is 3.83. The minimum atomic E-state index is 0.225. The van der Waals surface area contributed by atoms with Gasteiger partial charge in [0.2, 0.25) is 0 Å². The van der Waals surface area contributed by atoms with E-state index in [0.29, 0.717) is 6.04 Å². The lowest BCUT2D eigenvalue weighted by Gasteiger charge is -2.49. The van der Waals surface area contributed by atoms with Gasteiger partial charge in [0, 0.05) is 38.8 Å². The van der Waals surface area contributed by atoms with Gasteiger partial charge in [-0.3, -0.25) is 21.1 Å². The van der Waals surface area contributed by atoms with Crippen LogP contribution in [0.25, 0.3) is 0 Å². The highest BCUT2D eigenvalue weighted by atomic mass is 15.4. The van der Waals surface area contributed by atoms with Gasteiger partial charge in [-0.1, -0.05) is 6.08 Å². The fourth-order valence-electron chi connectivity index (χ4n) is 2.33. The first-order valence-corrected chi connectivity index (χ1v) is 4.90. The SMILES string of the molecule is C=CC(NN)C1CN2CCN1CC2. The summed E-state index contributed by atoms with van der Waals surface area (Å²) in [6.45, 7) is 9.71. The van der Waals surface area contributed by atoms with Crippen LogP contribution in [0.5, 0.6) is 0 Å². The highest BCUT2D eigenvalue weighted by molar-refractivity contribution is 5.00. The van der Waals surface area contributed by atoms with Crippen molar-refractivity contribution in [1.82, 2.24) is 15.2 Å². The predicted molar refractivity (Wildman–Crippen MR) is 53.1 cm³/mol. The number of nitrogens with zero attached hydrogens (tertiary/aromatic N) is 2. The highest BCUT2D eigenvalue weighted by Crippen LogP contribution is 2.18. The van der Waals surface area contributed by atoms with Crippen LogP contribution in [0, 0.1) is 0 Å². The van der Waals surface area contributed by atoms with E-state index in [2.05, 4.69) is 21.8 Å². The summed E-state index contributed by atoms with van der Waals surface area (Å²) in [4.78, 5) is 5.00. The lowest BCUT2D eigenvalue weighted by molar-refractivity contribution is 0.00373. The van der Waals surface area contributed by atoms with Crippen LogP contribution < -0.4 is 11.3 Å². The molecule has 2 atom stereocenters. The number of piperazine rings is 3. The number of hydrogen-bond donors (Lipinski definition) is 2. The Kier molecular flexibility index (Phi) is 2.64. The van der Waals surface area contributed by atoms with Crippen molar-refractivity contribution in [3.05, 3.63) is 12.7 Å². The van der Waals surface area contributed by atoms with Crippen LogP contribution in [0.4, 0.5) is 0 Å². The Balaban J connectivity index is 2.03. The summed E-state index contributed by atoms with van der Waals surface area (Å²) >= 11 is 0. The average Bonchev–Trinajstić information content (AvgIpc) is 2.22. The molecule has 2 bridgehead atoms. The summed E-state index contributed by atoms with van der Waals surface area (Å²) < 4.78 is 0. The number of rotatable bonds is 3. The first kappa shape index (κ1) is 9.15. The van der Waals surface area contributed by atoms with E-state index in [0.717, 1.165) is 6.54 Å². The molecule has 3 fully saturated rings. The summed E-state index contributed by atoms with van der Waals surface area (Å²) in [6, 6.07) is 0.744. The zero-order chi connectivity index (χ0) is 9.26. The van der Waals surface area contributed by atoms with E-state index in [-0.39, 0.29) is 6.04 Å². The normalized spacial score (nSPS) is 40.2. The minimum Gasteiger partial charge on any atom is -0.299 e. The number of hydrogen-bond acceptors (Lipinski definition) is 4. The molecule has 0 radical (unpaired) electrons. The van der Waals surface area contributed by atoms with Crippen molar-refractivity contribution in [1.29, 1.82) is 0 Å². The van der Waals surface area contributed by atoms with Gasteiger partial charge in [0.05, 0.1) is 6.04 Å². The predicted octanol–water partition coefficient (Wildman–Crippen LogP) is -0.996. The maximum atomic E-state index is 5.48. The van der Waals surface area contributed by atoms with Crippen LogP contribution in [0.2, 0.25) is 0 Å². The Morgan fingerprint density at radius 2 is 2.08 bits per heavy atom. The van der Waals surface area contributed by atoms with Gasteiger partial charge in [0.25, 0.3) is 0 Å². The first-order valence-electron chi connectivity index (χ1n) is 4.90. The van der Waals surface area contributed by atoms with E-state index in [4.69, 9.17) is 5.84 Å². The molecule has 3 rings (SSSR count). The molecule has 0 aromatic rings. The van der Waals surface area contributed by atoms with Gasteiger partial charge >= 0.3 is 0 Å². The van der Waals surface area contributed by atoms with Gasteiger partial charge in [-0.2, -0.15) is 0 Å². The molecule has 3 aliphatic rings. The molecule has 0 spiro atoms. The molecule has 3 saturated heterocycles. The Labute approximate surface area is 79.3 Å². The Hall–Kier alpha value is -0.420. The molecule has 4 heteroatoms. The fourth-order valence-corrected chi connectivity index (χ4v) is 2.33. The topological polar surface area (TPSA) is 44.5 Å². The first-order chi connectivity index (χ1) is 6.35. The van der Waals surface area contributed by atoms with Crippen molar-refractivity contribution >= 4 is 0 Å². The molecule has 74 valence electrons. The zero-order valence-corrected chi connectivity index (χ0v) is 7.95. The lowest BCUT2D eigenvalue weighted by atomic mass is 10.0. The standard InChI is InChI=1S/C9H18N4/c1-2-8(11-10)9-7-12-3-5-13(9)6-4-12/h2,8-9,11H,1,3-7,10H2. The minimum absolute atomic E-state index is 0.225. The molecule has 13 heavy (non-hydrogen) atoms. The van der Waals surface area contributed by atoms with Gasteiger partial charge in [-0.25, -0.2) is 0 Å². The van der Waals surface area contributed by atoms with Crippen molar-refractivity contribution in [2.24, 2.45) is 5.84 Å². The van der Waals surface area contributed by atoms with Gasteiger partial charge in [-0.15, -0.1) is 6.58 Å². The van der Waals surface area contributed by atoms with Crippen molar-refractivity contribution < 1.29 is 0 Å². The third kappa shape index (κ3) is 1.62. The second kappa shape index (κ2) is 3.75. The third-order valence-corrected chi connectivity index (χ3v) is 3.18. The molecule has 0 amide bonds. The van der Waals surface area contributed by atoms with Crippen molar-refractivity contribution in [2.45, 2.75) is 12.1 Å². The Morgan fingerprint density at radius 1 is 1.38 bits per heavy atom. The lowest BCUT2D eigenvalue weighted by Crippen LogP contribution is -2.66. The molecule has 3 heterocycles. The summed E-state index contributed by atoms with van der Waals surface area (Å²) in [6.07, 6.45) is 1.91. The number of nitrogens with two attached hydrogens (primary N) is 1. The third-order valence-electron chi connectivity index (χ3n) is 3.18. The summed E-state index contributed by atoms with van der Waals surface area (Å²) in [7, 11) is 0. The smallest absolute Gasteiger partial charge is 0.0556 e. The quantitative estimate of drug-likeness (QED) is 0.334. The molecule has 3 N–H and O–H groups in total. The van der Waals surface area contributed by atoms with E-state index < -0.39 is 0 Å². The van der Waals surface area contributed by atoms with Crippen molar-refractivity contribution in [3.63, 3.8) is 0 Å². The Morgan fingerprint density at radius 3 is 2.46 bits per heavy atom. The number of fused-ring (bicyclic) bond motifs is 3. The molecule has 0 aromatic heterocycles. The van der Waals surface area contributed by atoms with Crippen molar-refractivity contribution in [3.8, 4) is 0 Å². The van der Waals surface area contributed by atoms with E-state index in [1.807, 2.05) is 6.08 Å². The highest BCUT2D eigenvalue weighted by Gasteiger charge is 2.35. The van der Waals surface area contributed by atoms with Gasteiger partial charge < -0.3 is 0 Å². The van der Waals surface area contributed by atoms with Crippen LogP contribution >= 0.6 is 0 Å². The maximum absolute atomic E-state index is 5.48. The van der Waals surface area contributed by atoms with Gasteiger partial charge in [0.1, 0.15) is 0 Å². The molecular weight excluding hydrogens is 164 g/mol. The van der Waals surface area contributed by atoms with E-state index >= 15 is 0 Å². The zero-order valence-electron chi connectivity index (χ0n) is 7.95. The molecule has 2 unspecified atom stereocenters. The van der Waals surface area contributed by atoms with Crippen LogP contribution in [0.3, 0.4) is 0 Å². The van der Waals surface area contributed by atoms with Crippen LogP contribution in [0.15, 0.2) is 12.7 Å². The largest absolute Gasteiger partial charge is 0.299 e. The molecule has 0 aliphatic carbocycles. The average molecular weight is 182 g/mol. The molecule has 4 nitrogen and oxygen atoms in total. The van der Waals surface area contributed by atoms with E-state index in [1.54, 1.807) is 0 Å². The molecule has 0 aromatic carbocycles. The molecule has 0 saturated carbocycles. The summed E-state index contributed by atoms with van der Waals surface area (Å²) in [5.41, 5.74) is 2.82. The molecule has 3 aliphatic heterocycles. The van der Waals surface area contributed by atoms with E-state index in [1.165, 1.54) is 26.2 Å².